The van der Waals surface area contributed by atoms with Crippen LogP contribution in [0.25, 0.3) is 0 Å². The summed E-state index contributed by atoms with van der Waals surface area (Å²) in [5.74, 6) is 1.20. The zero-order valence-corrected chi connectivity index (χ0v) is 12.3. The quantitative estimate of drug-likeness (QED) is 0.863. The van der Waals surface area contributed by atoms with Crippen LogP contribution < -0.4 is 0 Å². The molecule has 3 rings (SSSR count). The monoisotopic (exact) mass is 279 g/mol. The van der Waals surface area contributed by atoms with Crippen LogP contribution in [0.3, 0.4) is 0 Å². The van der Waals surface area contributed by atoms with Crippen LogP contribution in [0.2, 0.25) is 0 Å². The number of nitrogens with zero attached hydrogens (tertiary/aromatic N) is 1. The highest BCUT2D eigenvalue weighted by Crippen LogP contribution is 2.56. The van der Waals surface area contributed by atoms with E-state index in [9.17, 15) is 14.7 Å². The smallest absolute Gasteiger partial charge is 0.309 e. The van der Waals surface area contributed by atoms with Gasteiger partial charge in [-0.15, -0.1) is 0 Å². The number of likely N-dealkylation sites (tertiary alicyclic amines) is 1. The number of aliphatic carboxylic acids is 1. The molecule has 1 N–H and O–H groups in total. The molecule has 0 bridgehead atoms. The van der Waals surface area contributed by atoms with Gasteiger partial charge >= 0.3 is 5.97 Å². The van der Waals surface area contributed by atoms with Crippen molar-refractivity contribution in [2.24, 2.45) is 23.2 Å². The number of amides is 1. The molecule has 1 aliphatic heterocycles. The summed E-state index contributed by atoms with van der Waals surface area (Å²) in [6.45, 7) is 3.21. The third-order valence-electron chi connectivity index (χ3n) is 6.10. The predicted molar refractivity (Wildman–Crippen MR) is 75.1 cm³/mol. The van der Waals surface area contributed by atoms with Gasteiger partial charge in [0, 0.05) is 19.0 Å². The van der Waals surface area contributed by atoms with Crippen molar-refractivity contribution in [3.8, 4) is 0 Å². The zero-order chi connectivity index (χ0) is 14.3. The molecule has 0 aromatic carbocycles. The number of fused-ring (bicyclic) bond motifs is 1. The van der Waals surface area contributed by atoms with Crippen molar-refractivity contribution in [1.82, 2.24) is 4.90 Å². The Hall–Kier alpha value is -1.06. The number of carboxylic acids is 1. The Morgan fingerprint density at radius 3 is 2.15 bits per heavy atom. The van der Waals surface area contributed by atoms with E-state index in [0.29, 0.717) is 50.1 Å². The molecular weight excluding hydrogens is 254 g/mol. The minimum Gasteiger partial charge on any atom is -0.481 e. The summed E-state index contributed by atoms with van der Waals surface area (Å²) in [4.78, 5) is 26.0. The molecule has 3 aliphatic rings. The van der Waals surface area contributed by atoms with E-state index in [-0.39, 0.29) is 5.92 Å². The Morgan fingerprint density at radius 1 is 1.15 bits per heavy atom. The van der Waals surface area contributed by atoms with Crippen LogP contribution in [0.4, 0.5) is 0 Å². The lowest BCUT2D eigenvalue weighted by molar-refractivity contribution is -0.155. The van der Waals surface area contributed by atoms with Crippen LogP contribution in [0, 0.1) is 23.2 Å². The van der Waals surface area contributed by atoms with Crippen LogP contribution in [-0.4, -0.2) is 35.0 Å². The number of hydrogen-bond acceptors (Lipinski definition) is 2. The zero-order valence-electron chi connectivity index (χ0n) is 12.3. The van der Waals surface area contributed by atoms with Crippen molar-refractivity contribution in [2.45, 2.75) is 51.9 Å². The number of carbonyl (C=O) groups is 2. The minimum atomic E-state index is -0.688. The Bertz CT molecular complexity index is 400. The van der Waals surface area contributed by atoms with Crippen molar-refractivity contribution in [1.29, 1.82) is 0 Å². The highest BCUT2D eigenvalue weighted by Gasteiger charge is 2.56. The van der Waals surface area contributed by atoms with E-state index in [1.807, 2.05) is 11.8 Å². The summed E-state index contributed by atoms with van der Waals surface area (Å²) in [6.07, 6.45) is 6.91. The predicted octanol–water partition coefficient (Wildman–Crippen LogP) is 2.53. The molecule has 2 unspecified atom stereocenters. The standard InChI is InChI=1S/C16H25NO3/c1-2-16(15(19)20)7-9-17(10-8-16)14(18)13-11-5-3-4-6-12(11)13/h11-13H,2-10H2,1H3,(H,19,20). The molecule has 1 heterocycles. The molecule has 0 radical (unpaired) electrons. The van der Waals surface area contributed by atoms with Gasteiger partial charge < -0.3 is 10.0 Å². The lowest BCUT2D eigenvalue weighted by atomic mass is 9.76. The molecule has 0 aromatic rings. The van der Waals surface area contributed by atoms with E-state index in [4.69, 9.17) is 0 Å². The molecule has 2 aliphatic carbocycles. The minimum absolute atomic E-state index is 0.274. The molecule has 1 saturated heterocycles. The maximum Gasteiger partial charge on any atom is 0.309 e. The topological polar surface area (TPSA) is 57.6 Å². The van der Waals surface area contributed by atoms with Crippen molar-refractivity contribution in [3.63, 3.8) is 0 Å². The molecule has 3 fully saturated rings. The highest BCUT2D eigenvalue weighted by atomic mass is 16.4. The number of carbonyl (C=O) groups excluding carboxylic acids is 1. The molecule has 4 heteroatoms. The maximum atomic E-state index is 12.6. The Balaban J connectivity index is 1.58. The summed E-state index contributed by atoms with van der Waals surface area (Å²) in [6, 6.07) is 0. The SMILES string of the molecule is CCC1(C(=O)O)CCN(C(=O)C2C3CCCCC32)CC1. The fourth-order valence-electron chi connectivity index (χ4n) is 4.44. The second-order valence-corrected chi connectivity index (χ2v) is 6.90. The molecule has 0 spiro atoms. The average Bonchev–Trinajstić information content (AvgIpc) is 3.20. The Morgan fingerprint density at radius 2 is 1.70 bits per heavy atom. The molecule has 2 atom stereocenters. The third kappa shape index (κ3) is 2.13. The summed E-state index contributed by atoms with van der Waals surface area (Å²) in [7, 11) is 0. The fourth-order valence-corrected chi connectivity index (χ4v) is 4.44. The first-order chi connectivity index (χ1) is 9.59. The van der Waals surface area contributed by atoms with Crippen LogP contribution in [0.5, 0.6) is 0 Å². The van der Waals surface area contributed by atoms with Crippen LogP contribution in [-0.2, 0) is 9.59 Å². The van der Waals surface area contributed by atoms with Gasteiger partial charge in [0.05, 0.1) is 5.41 Å². The van der Waals surface area contributed by atoms with Crippen molar-refractivity contribution in [2.75, 3.05) is 13.1 Å². The van der Waals surface area contributed by atoms with E-state index < -0.39 is 11.4 Å². The number of rotatable bonds is 3. The van der Waals surface area contributed by atoms with Gasteiger partial charge in [0.2, 0.25) is 5.91 Å². The van der Waals surface area contributed by atoms with E-state index in [1.165, 1.54) is 25.7 Å². The normalized spacial score (nSPS) is 35.2. The van der Waals surface area contributed by atoms with Gasteiger partial charge in [0.25, 0.3) is 0 Å². The van der Waals surface area contributed by atoms with Gasteiger partial charge in [-0.2, -0.15) is 0 Å². The van der Waals surface area contributed by atoms with Gasteiger partial charge in [-0.05, 0) is 43.9 Å². The second kappa shape index (κ2) is 5.05. The van der Waals surface area contributed by atoms with Gasteiger partial charge in [-0.25, -0.2) is 0 Å². The molecule has 0 aromatic heterocycles. The first kappa shape index (κ1) is 13.9. The molecule has 20 heavy (non-hydrogen) atoms. The lowest BCUT2D eigenvalue weighted by Gasteiger charge is -2.38. The largest absolute Gasteiger partial charge is 0.481 e. The van der Waals surface area contributed by atoms with Crippen LogP contribution >= 0.6 is 0 Å². The first-order valence-corrected chi connectivity index (χ1v) is 8.11. The van der Waals surface area contributed by atoms with Gasteiger partial charge in [0.1, 0.15) is 0 Å². The third-order valence-corrected chi connectivity index (χ3v) is 6.10. The lowest BCUT2D eigenvalue weighted by Crippen LogP contribution is -2.47. The summed E-state index contributed by atoms with van der Waals surface area (Å²) in [5, 5.41) is 9.40. The first-order valence-electron chi connectivity index (χ1n) is 8.11. The van der Waals surface area contributed by atoms with E-state index in [0.717, 1.165) is 0 Å². The van der Waals surface area contributed by atoms with Gasteiger partial charge in [0.15, 0.2) is 0 Å². The van der Waals surface area contributed by atoms with E-state index in [2.05, 4.69) is 0 Å². The summed E-state index contributed by atoms with van der Waals surface area (Å²) in [5.41, 5.74) is -0.590. The maximum absolute atomic E-state index is 12.6. The number of hydrogen-bond donors (Lipinski definition) is 1. The van der Waals surface area contributed by atoms with Crippen molar-refractivity contribution >= 4 is 11.9 Å². The summed E-state index contributed by atoms with van der Waals surface area (Å²) < 4.78 is 0. The van der Waals surface area contributed by atoms with Gasteiger partial charge in [-0.3, -0.25) is 9.59 Å². The van der Waals surface area contributed by atoms with Crippen LogP contribution in [0.1, 0.15) is 51.9 Å². The fraction of sp³-hybridized carbons (Fsp3) is 0.875. The van der Waals surface area contributed by atoms with Crippen LogP contribution in [0.15, 0.2) is 0 Å². The number of piperidine rings is 1. The highest BCUT2D eigenvalue weighted by molar-refractivity contribution is 5.83. The molecule has 112 valence electrons. The molecule has 1 amide bonds. The Labute approximate surface area is 120 Å². The van der Waals surface area contributed by atoms with E-state index in [1.54, 1.807) is 0 Å². The second-order valence-electron chi connectivity index (χ2n) is 6.90. The van der Waals surface area contributed by atoms with Gasteiger partial charge in [-0.1, -0.05) is 19.8 Å². The average molecular weight is 279 g/mol. The molecule has 4 nitrogen and oxygen atoms in total. The molecule has 2 saturated carbocycles. The van der Waals surface area contributed by atoms with Crippen molar-refractivity contribution in [3.05, 3.63) is 0 Å². The van der Waals surface area contributed by atoms with Crippen molar-refractivity contribution < 1.29 is 14.7 Å². The number of carboxylic acid groups (broad SMARTS) is 1. The van der Waals surface area contributed by atoms with E-state index >= 15 is 0 Å². The summed E-state index contributed by atoms with van der Waals surface area (Å²) >= 11 is 0. The Kier molecular flexibility index (Phi) is 3.51. The molecular formula is C16H25NO3.